The van der Waals surface area contributed by atoms with Crippen molar-refractivity contribution in [2.75, 3.05) is 7.05 Å². The van der Waals surface area contributed by atoms with Crippen LogP contribution in [0, 0.1) is 0 Å². The van der Waals surface area contributed by atoms with E-state index in [0.717, 1.165) is 5.56 Å². The predicted molar refractivity (Wildman–Crippen MR) is 83.1 cm³/mol. The zero-order chi connectivity index (χ0) is 15.6. The minimum absolute atomic E-state index is 0.124. The van der Waals surface area contributed by atoms with Crippen molar-refractivity contribution in [1.29, 1.82) is 0 Å². The van der Waals surface area contributed by atoms with Crippen LogP contribution in [-0.2, 0) is 15.9 Å². The van der Waals surface area contributed by atoms with Crippen LogP contribution >= 0.6 is 23.2 Å². The monoisotopic (exact) mass is 347 g/mol. The van der Waals surface area contributed by atoms with Crippen molar-refractivity contribution >= 4 is 33.2 Å². The minimum Gasteiger partial charge on any atom is -0.447 e. The molecular weight excluding hydrogens is 333 g/mol. The predicted octanol–water partition coefficient (Wildman–Crippen LogP) is 4.05. The number of halogens is 2. The Kier molecular flexibility index (Phi) is 4.99. The van der Waals surface area contributed by atoms with Crippen molar-refractivity contribution in [3.05, 3.63) is 52.7 Å². The molecule has 0 aliphatic heterocycles. The molecule has 1 aromatic heterocycles. The summed E-state index contributed by atoms with van der Waals surface area (Å²) in [6, 6.07) is 9.67. The zero-order valence-corrected chi connectivity index (χ0v) is 13.9. The first-order valence-electron chi connectivity index (χ1n) is 6.25. The molecule has 0 N–H and O–H groups in total. The Morgan fingerprint density at radius 2 is 1.90 bits per heavy atom. The van der Waals surface area contributed by atoms with Crippen LogP contribution in [-0.4, -0.2) is 19.8 Å². The molecule has 0 saturated carbocycles. The van der Waals surface area contributed by atoms with Crippen LogP contribution in [0.3, 0.4) is 0 Å². The molecule has 1 heterocycles. The highest BCUT2D eigenvalue weighted by molar-refractivity contribution is 7.89. The lowest BCUT2D eigenvalue weighted by molar-refractivity contribution is 0.363. The second-order valence-electron chi connectivity index (χ2n) is 4.57. The molecule has 0 fully saturated rings. The highest BCUT2D eigenvalue weighted by atomic mass is 35.5. The first kappa shape index (κ1) is 16.4. The molecular formula is C14H15Cl2NO3S. The summed E-state index contributed by atoms with van der Waals surface area (Å²) in [4.78, 5) is 0. The van der Waals surface area contributed by atoms with E-state index in [2.05, 4.69) is 0 Å². The van der Waals surface area contributed by atoms with E-state index in [1.165, 1.54) is 17.4 Å². The smallest absolute Gasteiger partial charge is 0.276 e. The van der Waals surface area contributed by atoms with Gasteiger partial charge in [0.2, 0.25) is 5.09 Å². The molecule has 0 radical (unpaired) electrons. The first-order chi connectivity index (χ1) is 9.87. The fraction of sp³-hybridized carbons (Fsp3) is 0.286. The van der Waals surface area contributed by atoms with Crippen molar-refractivity contribution in [2.24, 2.45) is 0 Å². The van der Waals surface area contributed by atoms with E-state index >= 15 is 0 Å². The van der Waals surface area contributed by atoms with Gasteiger partial charge < -0.3 is 4.42 Å². The largest absolute Gasteiger partial charge is 0.447 e. The Hall–Kier alpha value is -1.01. The maximum Gasteiger partial charge on any atom is 0.276 e. The van der Waals surface area contributed by atoms with Crippen LogP contribution in [0.5, 0.6) is 0 Å². The summed E-state index contributed by atoms with van der Waals surface area (Å²) >= 11 is 11.8. The molecule has 2 aromatic rings. The van der Waals surface area contributed by atoms with Crippen molar-refractivity contribution in [3.8, 4) is 0 Å². The Balaban J connectivity index is 2.34. The highest BCUT2D eigenvalue weighted by Gasteiger charge is 2.29. The lowest BCUT2D eigenvalue weighted by Gasteiger charge is -2.24. The van der Waals surface area contributed by atoms with Gasteiger partial charge in [-0.3, -0.25) is 0 Å². The third kappa shape index (κ3) is 3.26. The van der Waals surface area contributed by atoms with Crippen molar-refractivity contribution in [1.82, 2.24) is 4.31 Å². The molecule has 0 aliphatic rings. The fourth-order valence-electron chi connectivity index (χ4n) is 1.93. The molecule has 2 rings (SSSR count). The van der Waals surface area contributed by atoms with Crippen LogP contribution in [0.25, 0.3) is 0 Å². The van der Waals surface area contributed by atoms with Gasteiger partial charge in [-0.05, 0) is 30.7 Å². The third-order valence-corrected chi connectivity index (χ3v) is 5.71. The van der Waals surface area contributed by atoms with Gasteiger partial charge in [0.25, 0.3) is 10.0 Å². The number of hydrogen-bond donors (Lipinski definition) is 0. The molecule has 0 aliphatic carbocycles. The van der Waals surface area contributed by atoms with Crippen molar-refractivity contribution in [2.45, 2.75) is 23.9 Å². The standard InChI is InChI=1S/C14H15Cl2NO3S/c1-10(12-5-3-4-6-13(12)16)17(2)21(18,19)14-8-7-11(9-15)20-14/h3-8,10H,9H2,1-2H3. The van der Waals surface area contributed by atoms with Crippen LogP contribution < -0.4 is 0 Å². The molecule has 114 valence electrons. The molecule has 1 atom stereocenters. The lowest BCUT2D eigenvalue weighted by Crippen LogP contribution is -2.29. The first-order valence-corrected chi connectivity index (χ1v) is 8.60. The summed E-state index contributed by atoms with van der Waals surface area (Å²) in [5.74, 6) is 0.535. The molecule has 1 unspecified atom stereocenters. The fourth-order valence-corrected chi connectivity index (χ4v) is 3.63. The van der Waals surface area contributed by atoms with Gasteiger partial charge in [0.05, 0.1) is 5.88 Å². The molecule has 21 heavy (non-hydrogen) atoms. The Morgan fingerprint density at radius 1 is 1.24 bits per heavy atom. The van der Waals surface area contributed by atoms with E-state index in [1.54, 1.807) is 31.2 Å². The summed E-state index contributed by atoms with van der Waals surface area (Å²) in [7, 11) is -2.25. The van der Waals surface area contributed by atoms with Crippen molar-refractivity contribution < 1.29 is 12.8 Å². The number of nitrogens with zero attached hydrogens (tertiary/aromatic N) is 1. The zero-order valence-electron chi connectivity index (χ0n) is 11.6. The SMILES string of the molecule is CC(c1ccccc1Cl)N(C)S(=O)(=O)c1ccc(CCl)o1. The van der Waals surface area contributed by atoms with Crippen LogP contribution in [0.1, 0.15) is 24.3 Å². The number of furan rings is 1. The second kappa shape index (κ2) is 6.40. The van der Waals surface area contributed by atoms with E-state index in [1.807, 2.05) is 6.07 Å². The molecule has 0 spiro atoms. The minimum atomic E-state index is -3.74. The Labute approximate surface area is 134 Å². The maximum atomic E-state index is 12.5. The van der Waals surface area contributed by atoms with Crippen molar-refractivity contribution in [3.63, 3.8) is 0 Å². The highest BCUT2D eigenvalue weighted by Crippen LogP contribution is 2.30. The average Bonchev–Trinajstić information content (AvgIpc) is 2.96. The summed E-state index contributed by atoms with van der Waals surface area (Å²) in [5, 5.41) is 0.396. The van der Waals surface area contributed by atoms with Gasteiger partial charge in [-0.2, -0.15) is 4.31 Å². The normalized spacial score (nSPS) is 13.6. The number of alkyl halides is 1. The summed E-state index contributed by atoms with van der Waals surface area (Å²) in [6.07, 6.45) is 0. The number of benzene rings is 1. The van der Waals surface area contributed by atoms with E-state index in [4.69, 9.17) is 27.6 Å². The number of hydrogen-bond acceptors (Lipinski definition) is 3. The Morgan fingerprint density at radius 3 is 2.48 bits per heavy atom. The van der Waals surface area contributed by atoms with Gasteiger partial charge in [0.1, 0.15) is 5.76 Å². The summed E-state index contributed by atoms with van der Waals surface area (Å²) < 4.78 is 31.5. The van der Waals surface area contributed by atoms with Gasteiger partial charge in [-0.25, -0.2) is 8.42 Å². The van der Waals surface area contributed by atoms with E-state index in [-0.39, 0.29) is 11.0 Å². The molecule has 0 bridgehead atoms. The van der Waals surface area contributed by atoms with Gasteiger partial charge in [0, 0.05) is 18.1 Å². The van der Waals surface area contributed by atoms with Gasteiger partial charge in [-0.1, -0.05) is 29.8 Å². The number of sulfonamides is 1. The van der Waals surface area contributed by atoms with Gasteiger partial charge >= 0.3 is 0 Å². The van der Waals surface area contributed by atoms with E-state index < -0.39 is 16.1 Å². The summed E-state index contributed by atoms with van der Waals surface area (Å²) in [5.41, 5.74) is 0.731. The molecule has 7 heteroatoms. The maximum absolute atomic E-state index is 12.5. The quantitative estimate of drug-likeness (QED) is 0.766. The average molecular weight is 348 g/mol. The molecule has 0 saturated heterocycles. The third-order valence-electron chi connectivity index (χ3n) is 3.30. The van der Waals surface area contributed by atoms with E-state index in [9.17, 15) is 8.42 Å². The lowest BCUT2D eigenvalue weighted by atomic mass is 10.1. The Bertz CT molecular complexity index is 727. The van der Waals surface area contributed by atoms with Crippen LogP contribution in [0.15, 0.2) is 45.9 Å². The molecule has 1 aromatic carbocycles. The second-order valence-corrected chi connectivity index (χ2v) is 7.18. The molecule has 4 nitrogen and oxygen atoms in total. The topological polar surface area (TPSA) is 50.5 Å². The summed E-state index contributed by atoms with van der Waals surface area (Å²) in [6.45, 7) is 1.77. The van der Waals surface area contributed by atoms with Gasteiger partial charge in [-0.15, -0.1) is 11.6 Å². The van der Waals surface area contributed by atoms with Crippen LogP contribution in [0.2, 0.25) is 5.02 Å². The molecule has 0 amide bonds. The van der Waals surface area contributed by atoms with Gasteiger partial charge in [0.15, 0.2) is 0 Å². The van der Waals surface area contributed by atoms with E-state index in [0.29, 0.717) is 10.8 Å². The van der Waals surface area contributed by atoms with Crippen LogP contribution in [0.4, 0.5) is 0 Å². The number of rotatable bonds is 5.